The van der Waals surface area contributed by atoms with Crippen LogP contribution in [0.25, 0.3) is 0 Å². The molecule has 0 aliphatic rings. The highest BCUT2D eigenvalue weighted by atomic mass is 16.6. The minimum atomic E-state index is -1.08. The number of carbonyl (C=O) groups excluding carboxylic acids is 5. The molecule has 0 radical (unpaired) electrons. The van der Waals surface area contributed by atoms with Crippen molar-refractivity contribution in [3.05, 3.63) is 102 Å². The Morgan fingerprint density at radius 1 is 0.774 bits per heavy atom. The van der Waals surface area contributed by atoms with Crippen LogP contribution >= 0.6 is 0 Å². The molecule has 3 atom stereocenters. The molecule has 0 fully saturated rings. The molecular formula is C42H53NO10. The van der Waals surface area contributed by atoms with E-state index in [9.17, 15) is 33.9 Å². The van der Waals surface area contributed by atoms with Crippen LogP contribution in [0.1, 0.15) is 101 Å². The molecule has 0 heterocycles. The van der Waals surface area contributed by atoms with E-state index in [0.717, 1.165) is 32.1 Å². The summed E-state index contributed by atoms with van der Waals surface area (Å²) in [5.41, 5.74) is 1.11. The Labute approximate surface area is 312 Å². The molecule has 53 heavy (non-hydrogen) atoms. The number of ether oxygens (including phenoxy) is 3. The molecule has 3 unspecified atom stereocenters. The van der Waals surface area contributed by atoms with Gasteiger partial charge in [0.25, 0.3) is 0 Å². The van der Waals surface area contributed by atoms with E-state index < -0.39 is 47.7 Å². The number of para-hydroxylation sites is 1. The van der Waals surface area contributed by atoms with E-state index in [1.807, 2.05) is 30.4 Å². The summed E-state index contributed by atoms with van der Waals surface area (Å²) < 4.78 is 15.1. The fourth-order valence-corrected chi connectivity index (χ4v) is 5.49. The maximum atomic E-state index is 13.3. The van der Waals surface area contributed by atoms with Gasteiger partial charge in [-0.1, -0.05) is 112 Å². The summed E-state index contributed by atoms with van der Waals surface area (Å²) in [5, 5.41) is 13.0. The summed E-state index contributed by atoms with van der Waals surface area (Å²) in [6, 6.07) is 15.4. The average molecular weight is 732 g/mol. The molecule has 0 bridgehead atoms. The van der Waals surface area contributed by atoms with Gasteiger partial charge in [0.05, 0.1) is 11.6 Å². The highest BCUT2D eigenvalue weighted by molar-refractivity contribution is 6.13. The first-order chi connectivity index (χ1) is 25.5. The van der Waals surface area contributed by atoms with Gasteiger partial charge in [-0.2, -0.15) is 0 Å². The summed E-state index contributed by atoms with van der Waals surface area (Å²) in [6.07, 6.45) is 16.5. The van der Waals surface area contributed by atoms with Crippen LogP contribution in [-0.4, -0.2) is 60.0 Å². The lowest BCUT2D eigenvalue weighted by Gasteiger charge is -2.21. The van der Waals surface area contributed by atoms with Crippen LogP contribution in [0.5, 0.6) is 0 Å². The number of benzene rings is 2. The van der Waals surface area contributed by atoms with Crippen molar-refractivity contribution in [2.24, 2.45) is 11.8 Å². The number of allylic oxidation sites excluding steroid dienone is 6. The van der Waals surface area contributed by atoms with Gasteiger partial charge in [0.15, 0.2) is 11.9 Å². The highest BCUT2D eigenvalue weighted by Crippen LogP contribution is 2.27. The predicted octanol–water partition coefficient (Wildman–Crippen LogP) is 7.80. The van der Waals surface area contributed by atoms with Gasteiger partial charge < -0.3 is 24.6 Å². The molecule has 286 valence electrons. The standard InChI is InChI=1S/C42H53NO10/c1-4-5-6-7-8-10-14-21-33(22-15-11-9-12-18-27-40(47)52-30-35(53-32(3)45)29-51-31(2)44)37(42(49)50)28-39(46)43-38-26-20-19-25-36(38)41(48)34-23-16-13-17-24-34/h5-6,8,10,13-14,16-17,19-21,23-26,33,35,37H,4,7,9,11-12,15,18,22,27-30H2,1-3H3,(H,43,46)(H,49,50)/b6-5+,10-8+,21-14+. The number of unbranched alkanes of at least 4 members (excludes halogenated alkanes) is 4. The number of anilines is 1. The van der Waals surface area contributed by atoms with E-state index >= 15 is 0 Å². The van der Waals surface area contributed by atoms with Crippen molar-refractivity contribution in [3.8, 4) is 0 Å². The SMILES string of the molecule is CC/C=C/C/C=C/C=C/C(CCCCCCCC(=O)OCC(COC(C)=O)OC(C)=O)C(CC(=O)Nc1ccccc1C(=O)c1ccccc1)C(=O)O. The van der Waals surface area contributed by atoms with Crippen molar-refractivity contribution < 1.29 is 48.1 Å². The maximum Gasteiger partial charge on any atom is 0.307 e. The first-order valence-electron chi connectivity index (χ1n) is 18.2. The van der Waals surface area contributed by atoms with Crippen LogP contribution < -0.4 is 5.32 Å². The summed E-state index contributed by atoms with van der Waals surface area (Å²) >= 11 is 0. The molecule has 2 rings (SSSR count). The molecule has 0 aliphatic heterocycles. The molecule has 2 aromatic rings. The van der Waals surface area contributed by atoms with E-state index in [1.165, 1.54) is 13.8 Å². The Morgan fingerprint density at radius 2 is 1.45 bits per heavy atom. The van der Waals surface area contributed by atoms with Gasteiger partial charge in [0.1, 0.15) is 13.2 Å². The van der Waals surface area contributed by atoms with Crippen molar-refractivity contribution in [1.29, 1.82) is 0 Å². The van der Waals surface area contributed by atoms with Gasteiger partial charge in [0.2, 0.25) is 5.91 Å². The fourth-order valence-electron chi connectivity index (χ4n) is 5.49. The van der Waals surface area contributed by atoms with Crippen LogP contribution in [0.4, 0.5) is 5.69 Å². The zero-order valence-electron chi connectivity index (χ0n) is 31.0. The average Bonchev–Trinajstić information content (AvgIpc) is 3.13. The smallest absolute Gasteiger partial charge is 0.307 e. The number of aliphatic carboxylic acids is 1. The van der Waals surface area contributed by atoms with E-state index in [4.69, 9.17) is 14.2 Å². The number of ketones is 1. The third-order valence-corrected chi connectivity index (χ3v) is 8.15. The lowest BCUT2D eigenvalue weighted by atomic mass is 9.84. The van der Waals surface area contributed by atoms with Gasteiger partial charge in [-0.25, -0.2) is 0 Å². The molecule has 0 saturated heterocycles. The lowest BCUT2D eigenvalue weighted by molar-refractivity contribution is -0.164. The van der Waals surface area contributed by atoms with E-state index in [1.54, 1.807) is 48.5 Å². The Hall–Kier alpha value is -5.32. The minimum absolute atomic E-state index is 0.168. The first-order valence-corrected chi connectivity index (χ1v) is 18.2. The number of hydrogen-bond donors (Lipinski definition) is 2. The summed E-state index contributed by atoms with van der Waals surface area (Å²) in [6.45, 7) is 4.07. The van der Waals surface area contributed by atoms with Crippen LogP contribution in [0.3, 0.4) is 0 Å². The lowest BCUT2D eigenvalue weighted by Crippen LogP contribution is -2.29. The molecule has 2 N–H and O–H groups in total. The quantitative estimate of drug-likeness (QED) is 0.0257. The van der Waals surface area contributed by atoms with E-state index in [0.29, 0.717) is 36.1 Å². The monoisotopic (exact) mass is 731 g/mol. The number of carboxylic acids is 1. The van der Waals surface area contributed by atoms with E-state index in [-0.39, 0.29) is 31.8 Å². The molecule has 0 aromatic heterocycles. The highest BCUT2D eigenvalue weighted by Gasteiger charge is 2.29. The summed E-state index contributed by atoms with van der Waals surface area (Å²) in [5.74, 6) is -4.83. The zero-order chi connectivity index (χ0) is 38.8. The number of carbonyl (C=O) groups is 6. The number of nitrogens with one attached hydrogen (secondary N) is 1. The van der Waals surface area contributed by atoms with Gasteiger partial charge in [-0.15, -0.1) is 0 Å². The molecule has 2 aromatic carbocycles. The summed E-state index contributed by atoms with van der Waals surface area (Å²) in [4.78, 5) is 73.6. The van der Waals surface area contributed by atoms with Crippen LogP contribution in [0, 0.1) is 11.8 Å². The Morgan fingerprint density at radius 3 is 2.15 bits per heavy atom. The van der Waals surface area contributed by atoms with Gasteiger partial charge in [0, 0.05) is 37.8 Å². The number of esters is 3. The summed E-state index contributed by atoms with van der Waals surface area (Å²) in [7, 11) is 0. The van der Waals surface area contributed by atoms with Crippen molar-refractivity contribution in [3.63, 3.8) is 0 Å². The molecule has 0 aliphatic carbocycles. The molecule has 0 saturated carbocycles. The van der Waals surface area contributed by atoms with Crippen LogP contribution in [0.15, 0.2) is 91.1 Å². The van der Waals surface area contributed by atoms with Crippen molar-refractivity contribution >= 4 is 41.3 Å². The third-order valence-electron chi connectivity index (χ3n) is 8.15. The van der Waals surface area contributed by atoms with Gasteiger partial charge in [-0.3, -0.25) is 28.8 Å². The second-order valence-electron chi connectivity index (χ2n) is 12.6. The Balaban J connectivity index is 1.97. The van der Waals surface area contributed by atoms with E-state index in [2.05, 4.69) is 24.4 Å². The topological polar surface area (TPSA) is 162 Å². The number of rotatable bonds is 25. The van der Waals surface area contributed by atoms with Crippen LogP contribution in [0.2, 0.25) is 0 Å². The van der Waals surface area contributed by atoms with Gasteiger partial charge >= 0.3 is 23.9 Å². The minimum Gasteiger partial charge on any atom is -0.481 e. The number of amides is 1. The predicted molar refractivity (Wildman–Crippen MR) is 202 cm³/mol. The van der Waals surface area contributed by atoms with Gasteiger partial charge in [-0.05, 0) is 43.7 Å². The Kier molecular flexibility index (Phi) is 21.2. The zero-order valence-corrected chi connectivity index (χ0v) is 31.0. The maximum absolute atomic E-state index is 13.3. The van der Waals surface area contributed by atoms with Crippen molar-refractivity contribution in [2.75, 3.05) is 18.5 Å². The largest absolute Gasteiger partial charge is 0.481 e. The number of carboxylic acid groups (broad SMARTS) is 1. The molecular weight excluding hydrogens is 678 g/mol. The normalized spacial score (nSPS) is 13.0. The molecule has 0 spiro atoms. The number of hydrogen-bond acceptors (Lipinski definition) is 9. The molecule has 11 nitrogen and oxygen atoms in total. The molecule has 11 heteroatoms. The second-order valence-corrected chi connectivity index (χ2v) is 12.6. The van der Waals surface area contributed by atoms with Crippen LogP contribution in [-0.2, 0) is 38.2 Å². The second kappa shape index (κ2) is 25.6. The van der Waals surface area contributed by atoms with Crippen molar-refractivity contribution in [2.45, 2.75) is 91.1 Å². The Bertz CT molecular complexity index is 1560. The molecule has 1 amide bonds. The first kappa shape index (κ1) is 43.8. The fraction of sp³-hybridized carbons (Fsp3) is 0.429. The third kappa shape index (κ3) is 18.7. The van der Waals surface area contributed by atoms with Crippen molar-refractivity contribution in [1.82, 2.24) is 0 Å².